The van der Waals surface area contributed by atoms with Gasteiger partial charge in [-0.25, -0.2) is 9.78 Å². The van der Waals surface area contributed by atoms with Crippen LogP contribution < -0.4 is 10.1 Å². The lowest BCUT2D eigenvalue weighted by atomic mass is 10.2. The van der Waals surface area contributed by atoms with E-state index in [-0.39, 0.29) is 18.5 Å². The van der Waals surface area contributed by atoms with Gasteiger partial charge in [0.05, 0.1) is 19.2 Å². The van der Waals surface area contributed by atoms with Crippen molar-refractivity contribution >= 4 is 23.3 Å². The third-order valence-electron chi connectivity index (χ3n) is 3.37. The van der Waals surface area contributed by atoms with Gasteiger partial charge in [0.25, 0.3) is 0 Å². The molecule has 1 N–H and O–H groups in total. The van der Waals surface area contributed by atoms with Crippen molar-refractivity contribution < 1.29 is 14.3 Å². The average Bonchev–Trinajstić information content (AvgIpc) is 2.99. The van der Waals surface area contributed by atoms with E-state index in [0.717, 1.165) is 21.2 Å². The first-order valence-electron chi connectivity index (χ1n) is 6.85. The smallest absolute Gasteiger partial charge is 0.324 e. The van der Waals surface area contributed by atoms with E-state index >= 15 is 0 Å². The fourth-order valence-electron chi connectivity index (χ4n) is 2.26. The predicted octanol–water partition coefficient (Wildman–Crippen LogP) is 2.26. The van der Waals surface area contributed by atoms with Gasteiger partial charge in [-0.3, -0.25) is 9.69 Å². The van der Waals surface area contributed by atoms with Gasteiger partial charge in [0, 0.05) is 24.0 Å². The lowest BCUT2D eigenvalue weighted by molar-refractivity contribution is -0.129. The van der Waals surface area contributed by atoms with Crippen LogP contribution in [-0.2, 0) is 11.3 Å². The van der Waals surface area contributed by atoms with Crippen molar-refractivity contribution in [2.24, 2.45) is 0 Å². The number of imide groups is 1. The highest BCUT2D eigenvalue weighted by Gasteiger charge is 2.26. The highest BCUT2D eigenvalue weighted by molar-refractivity contribution is 7.15. The van der Waals surface area contributed by atoms with Crippen molar-refractivity contribution in [3.8, 4) is 16.3 Å². The number of nitrogens with one attached hydrogen (secondary N) is 1. The lowest BCUT2D eigenvalue weighted by Gasteiger charge is -2.24. The summed E-state index contributed by atoms with van der Waals surface area (Å²) in [5.74, 6) is 0.589. The minimum absolute atomic E-state index is 0.156. The van der Waals surface area contributed by atoms with Crippen molar-refractivity contribution in [1.82, 2.24) is 15.2 Å². The Morgan fingerprint density at radius 2 is 2.18 bits per heavy atom. The van der Waals surface area contributed by atoms with E-state index in [0.29, 0.717) is 13.0 Å². The second-order valence-electron chi connectivity index (χ2n) is 4.79. The number of nitrogens with zero attached hydrogens (tertiary/aromatic N) is 2. The van der Waals surface area contributed by atoms with Crippen molar-refractivity contribution in [3.63, 3.8) is 0 Å². The first-order chi connectivity index (χ1) is 10.7. The molecule has 22 heavy (non-hydrogen) atoms. The van der Waals surface area contributed by atoms with Crippen LogP contribution >= 0.6 is 11.3 Å². The summed E-state index contributed by atoms with van der Waals surface area (Å²) in [6.45, 7) is 0.654. The number of hydrogen-bond acceptors (Lipinski definition) is 5. The second kappa shape index (κ2) is 6.15. The Bertz CT molecular complexity index is 698. The molecule has 2 heterocycles. The van der Waals surface area contributed by atoms with Crippen LogP contribution in [0.1, 0.15) is 11.3 Å². The number of amides is 3. The average molecular weight is 317 g/mol. The molecule has 1 aliphatic heterocycles. The molecule has 0 bridgehead atoms. The number of carbonyl (C=O) groups is 2. The van der Waals surface area contributed by atoms with Gasteiger partial charge in [-0.2, -0.15) is 0 Å². The number of methoxy groups -OCH3 is 1. The zero-order valence-corrected chi connectivity index (χ0v) is 12.9. The Balaban J connectivity index is 1.82. The van der Waals surface area contributed by atoms with Gasteiger partial charge in [0.1, 0.15) is 10.8 Å². The first kappa shape index (κ1) is 14.5. The molecule has 1 fully saturated rings. The molecule has 2 aromatic rings. The summed E-state index contributed by atoms with van der Waals surface area (Å²) in [7, 11) is 1.62. The minimum atomic E-state index is -0.344. The number of aromatic nitrogens is 1. The molecule has 0 unspecified atom stereocenters. The van der Waals surface area contributed by atoms with Crippen LogP contribution in [0.3, 0.4) is 0 Å². The summed E-state index contributed by atoms with van der Waals surface area (Å²) in [6.07, 6.45) is 2.03. The quantitative estimate of drug-likeness (QED) is 0.939. The molecule has 0 saturated carbocycles. The van der Waals surface area contributed by atoms with Crippen LogP contribution in [0.2, 0.25) is 0 Å². The molecule has 3 amide bonds. The molecule has 0 radical (unpaired) electrons. The molecule has 6 nitrogen and oxygen atoms in total. The molecular formula is C15H15N3O3S. The maximum atomic E-state index is 11.8. The van der Waals surface area contributed by atoms with Gasteiger partial charge >= 0.3 is 6.03 Å². The molecule has 7 heteroatoms. The standard InChI is InChI=1S/C15H15N3O3S/c1-21-12-5-3-2-4-11(12)14-17-8-10(22-14)9-18-13(19)6-7-16-15(18)20/h2-5,8H,6-7,9H2,1H3,(H,16,20). The third-order valence-corrected chi connectivity index (χ3v) is 4.38. The van der Waals surface area contributed by atoms with Crippen LogP contribution in [0.4, 0.5) is 4.79 Å². The van der Waals surface area contributed by atoms with Crippen molar-refractivity contribution in [2.75, 3.05) is 13.7 Å². The summed E-state index contributed by atoms with van der Waals surface area (Å²) in [5, 5.41) is 3.47. The van der Waals surface area contributed by atoms with Crippen LogP contribution in [0.15, 0.2) is 30.5 Å². The van der Waals surface area contributed by atoms with E-state index in [1.807, 2.05) is 24.3 Å². The van der Waals surface area contributed by atoms with E-state index in [4.69, 9.17) is 4.74 Å². The van der Waals surface area contributed by atoms with Crippen molar-refractivity contribution in [2.45, 2.75) is 13.0 Å². The predicted molar refractivity (Wildman–Crippen MR) is 82.7 cm³/mol. The molecule has 114 valence electrons. The van der Waals surface area contributed by atoms with E-state index < -0.39 is 0 Å². The van der Waals surface area contributed by atoms with Gasteiger partial charge in [0.2, 0.25) is 5.91 Å². The minimum Gasteiger partial charge on any atom is -0.496 e. The molecule has 3 rings (SSSR count). The molecule has 1 aromatic heterocycles. The Hall–Kier alpha value is -2.41. The van der Waals surface area contributed by atoms with Crippen LogP contribution in [0.25, 0.3) is 10.6 Å². The Kier molecular flexibility index (Phi) is 4.06. The number of ether oxygens (including phenoxy) is 1. The number of benzene rings is 1. The Labute approximate surface area is 131 Å². The highest BCUT2D eigenvalue weighted by atomic mass is 32.1. The second-order valence-corrected chi connectivity index (χ2v) is 5.91. The van der Waals surface area contributed by atoms with Gasteiger partial charge in [-0.1, -0.05) is 12.1 Å². The largest absolute Gasteiger partial charge is 0.496 e. The summed E-state index contributed by atoms with van der Waals surface area (Å²) >= 11 is 1.45. The maximum Gasteiger partial charge on any atom is 0.324 e. The van der Waals surface area contributed by atoms with Crippen LogP contribution in [0, 0.1) is 0 Å². The number of urea groups is 1. The molecule has 0 spiro atoms. The molecule has 1 aliphatic rings. The fraction of sp³-hybridized carbons (Fsp3) is 0.267. The molecule has 0 atom stereocenters. The Morgan fingerprint density at radius 1 is 1.36 bits per heavy atom. The lowest BCUT2D eigenvalue weighted by Crippen LogP contribution is -2.49. The van der Waals surface area contributed by atoms with E-state index in [1.54, 1.807) is 13.3 Å². The monoisotopic (exact) mass is 317 g/mol. The summed E-state index contributed by atoms with van der Waals surface area (Å²) in [5.41, 5.74) is 0.899. The fourth-order valence-corrected chi connectivity index (χ4v) is 3.19. The van der Waals surface area contributed by atoms with Gasteiger partial charge in [-0.15, -0.1) is 11.3 Å². The summed E-state index contributed by atoms with van der Waals surface area (Å²) in [4.78, 5) is 30.0. The van der Waals surface area contributed by atoms with Gasteiger partial charge in [-0.05, 0) is 12.1 Å². The topological polar surface area (TPSA) is 71.5 Å². The van der Waals surface area contributed by atoms with Gasteiger partial charge in [0.15, 0.2) is 0 Å². The van der Waals surface area contributed by atoms with Crippen molar-refractivity contribution in [3.05, 3.63) is 35.3 Å². The van der Waals surface area contributed by atoms with Gasteiger partial charge < -0.3 is 10.1 Å². The van der Waals surface area contributed by atoms with Crippen LogP contribution in [-0.4, -0.2) is 35.5 Å². The van der Waals surface area contributed by atoms with E-state index in [1.165, 1.54) is 16.2 Å². The van der Waals surface area contributed by atoms with Crippen LogP contribution in [0.5, 0.6) is 5.75 Å². The zero-order valence-electron chi connectivity index (χ0n) is 12.0. The Morgan fingerprint density at radius 3 is 2.95 bits per heavy atom. The first-order valence-corrected chi connectivity index (χ1v) is 7.67. The summed E-state index contributed by atoms with van der Waals surface area (Å²) < 4.78 is 5.33. The maximum absolute atomic E-state index is 11.8. The molecule has 1 aromatic carbocycles. The number of carbonyl (C=O) groups excluding carboxylic acids is 2. The normalized spacial score (nSPS) is 14.9. The van der Waals surface area contributed by atoms with E-state index in [9.17, 15) is 9.59 Å². The van der Waals surface area contributed by atoms with E-state index in [2.05, 4.69) is 10.3 Å². The number of thiazole rings is 1. The highest BCUT2D eigenvalue weighted by Crippen LogP contribution is 2.33. The number of hydrogen-bond donors (Lipinski definition) is 1. The number of rotatable bonds is 4. The zero-order chi connectivity index (χ0) is 15.5. The SMILES string of the molecule is COc1ccccc1-c1ncc(CN2C(=O)CCNC2=O)s1. The molecule has 0 aliphatic carbocycles. The molecular weight excluding hydrogens is 302 g/mol. The number of para-hydroxylation sites is 1. The van der Waals surface area contributed by atoms with Crippen molar-refractivity contribution in [1.29, 1.82) is 0 Å². The summed E-state index contributed by atoms with van der Waals surface area (Å²) in [6, 6.07) is 7.27. The third kappa shape index (κ3) is 2.80. The molecule has 1 saturated heterocycles.